The number of carbonyl (C=O) groups is 1. The van der Waals surface area contributed by atoms with Crippen LogP contribution in [0.5, 0.6) is 0 Å². The fraction of sp³-hybridized carbons (Fsp3) is 0. The van der Waals surface area contributed by atoms with Gasteiger partial charge in [0.25, 0.3) is 0 Å². The van der Waals surface area contributed by atoms with Crippen LogP contribution in [0.3, 0.4) is 0 Å². The lowest BCUT2D eigenvalue weighted by Crippen LogP contribution is -2.05. The van der Waals surface area contributed by atoms with Crippen molar-refractivity contribution >= 4 is 28.8 Å². The molecule has 1 N–H and O–H groups in total. The lowest BCUT2D eigenvalue weighted by Gasteiger charge is -1.92. The summed E-state index contributed by atoms with van der Waals surface area (Å²) in [5.41, 5.74) is 0.867. The van der Waals surface area contributed by atoms with E-state index in [1.165, 1.54) is 12.5 Å². The number of fused-ring (bicyclic) bond motifs is 1. The summed E-state index contributed by atoms with van der Waals surface area (Å²) in [5, 5.41) is 8.98. The van der Waals surface area contributed by atoms with E-state index in [4.69, 9.17) is 21.1 Å². The van der Waals surface area contributed by atoms with E-state index in [1.807, 2.05) is 0 Å². The van der Waals surface area contributed by atoms with E-state index in [-0.39, 0.29) is 0 Å². The van der Waals surface area contributed by atoms with Crippen LogP contribution in [0.1, 0.15) is 0 Å². The summed E-state index contributed by atoms with van der Waals surface area (Å²) in [4.78, 5) is 10.6. The van der Waals surface area contributed by atoms with Crippen molar-refractivity contribution in [1.29, 1.82) is 0 Å². The van der Waals surface area contributed by atoms with Crippen molar-refractivity contribution < 1.29 is 14.3 Å². The van der Waals surface area contributed by atoms with E-state index in [1.54, 1.807) is 6.07 Å². The van der Waals surface area contributed by atoms with E-state index < -0.39 is 6.09 Å². The van der Waals surface area contributed by atoms with Crippen molar-refractivity contribution in [2.75, 3.05) is 0 Å². The van der Waals surface area contributed by atoms with Crippen LogP contribution in [0.25, 0.3) is 11.1 Å². The molecule has 0 unspecified atom stereocenters. The van der Waals surface area contributed by atoms with E-state index >= 15 is 0 Å². The van der Waals surface area contributed by atoms with Gasteiger partial charge in [0.15, 0.2) is 5.58 Å². The van der Waals surface area contributed by atoms with Gasteiger partial charge in [-0.2, -0.15) is 0 Å². The average Bonchev–Trinajstić information content (AvgIpc) is 2.53. The van der Waals surface area contributed by atoms with Crippen molar-refractivity contribution in [3.05, 3.63) is 23.5 Å². The van der Waals surface area contributed by atoms with Gasteiger partial charge in [-0.1, -0.05) is 11.6 Å². The van der Waals surface area contributed by atoms with Gasteiger partial charge < -0.3 is 9.52 Å². The second-order valence-corrected chi connectivity index (χ2v) is 2.67. The Hall–Kier alpha value is -1.42. The van der Waals surface area contributed by atoms with Crippen LogP contribution in [0.15, 0.2) is 22.9 Å². The molecule has 0 spiro atoms. The summed E-state index contributed by atoms with van der Waals surface area (Å²) in [6.07, 6.45) is 1.63. The molecule has 0 bridgehead atoms. The highest BCUT2D eigenvalue weighted by Gasteiger charge is 2.12. The summed E-state index contributed by atoms with van der Waals surface area (Å²) in [7, 11) is 0. The average molecular weight is 186 g/mol. The van der Waals surface area contributed by atoms with Crippen LogP contribution in [0.2, 0.25) is 5.02 Å². The van der Waals surface area contributed by atoms with Crippen LogP contribution in [-0.4, -0.2) is 15.8 Å². The monoisotopic (exact) mass is 185 g/mol. The maximum absolute atomic E-state index is 10.6. The first kappa shape index (κ1) is 7.24. The molecule has 0 amide bonds. The summed E-state index contributed by atoms with van der Waals surface area (Å²) in [6.45, 7) is 0. The predicted octanol–water partition coefficient (Wildman–Crippen LogP) is 2.41. The number of carboxylic acid groups (broad SMARTS) is 1. The van der Waals surface area contributed by atoms with Crippen LogP contribution in [-0.2, 0) is 0 Å². The second kappa shape index (κ2) is 2.28. The molecule has 0 radical (unpaired) electrons. The molecule has 2 heterocycles. The van der Waals surface area contributed by atoms with E-state index in [2.05, 4.69) is 0 Å². The zero-order valence-electron chi connectivity index (χ0n) is 5.82. The number of halogens is 1. The van der Waals surface area contributed by atoms with Gasteiger partial charge in [-0.25, -0.2) is 9.36 Å². The Morgan fingerprint density at radius 2 is 2.42 bits per heavy atom. The van der Waals surface area contributed by atoms with Crippen molar-refractivity contribution in [2.24, 2.45) is 0 Å². The van der Waals surface area contributed by atoms with Gasteiger partial charge in [0.2, 0.25) is 0 Å². The normalized spacial score (nSPS) is 10.8. The zero-order chi connectivity index (χ0) is 8.72. The Morgan fingerprint density at radius 1 is 1.67 bits per heavy atom. The Balaban J connectivity index is 2.83. The molecule has 0 atom stereocenters. The predicted molar refractivity (Wildman–Crippen MR) is 42.6 cm³/mol. The molecule has 0 aromatic carbocycles. The minimum absolute atomic E-state index is 0.303. The Kier molecular flexibility index (Phi) is 1.38. The fourth-order valence-corrected chi connectivity index (χ4v) is 1.30. The maximum atomic E-state index is 10.6. The number of rotatable bonds is 0. The molecule has 4 nitrogen and oxygen atoms in total. The van der Waals surface area contributed by atoms with E-state index in [0.29, 0.717) is 16.1 Å². The summed E-state index contributed by atoms with van der Waals surface area (Å²) < 4.78 is 5.98. The standard InChI is InChI=1S/C7H4ClNO3/c8-4-3-12-5-1-2-9(6(4)5)7(10)11/h1-3H,(H,10,11). The molecule has 0 aliphatic heterocycles. The van der Waals surface area contributed by atoms with Crippen LogP contribution in [0.4, 0.5) is 4.79 Å². The highest BCUT2D eigenvalue weighted by atomic mass is 35.5. The lowest BCUT2D eigenvalue weighted by molar-refractivity contribution is 0.197. The largest absolute Gasteiger partial charge is 0.464 e. The lowest BCUT2D eigenvalue weighted by atomic mass is 10.5. The van der Waals surface area contributed by atoms with Gasteiger partial charge >= 0.3 is 6.09 Å². The van der Waals surface area contributed by atoms with Crippen molar-refractivity contribution in [3.8, 4) is 0 Å². The molecule has 2 aromatic rings. The Bertz CT molecular complexity index is 442. The number of furan rings is 1. The van der Waals surface area contributed by atoms with E-state index in [0.717, 1.165) is 4.57 Å². The highest BCUT2D eigenvalue weighted by molar-refractivity contribution is 6.35. The molecule has 2 rings (SSSR count). The molecular weight excluding hydrogens is 182 g/mol. The van der Waals surface area contributed by atoms with Gasteiger partial charge in [-0.15, -0.1) is 0 Å². The number of aromatic nitrogens is 1. The molecule has 0 fully saturated rings. The number of nitrogens with zero attached hydrogens (tertiary/aromatic N) is 1. The third-order valence-corrected chi connectivity index (χ3v) is 1.84. The Labute approximate surface area is 72.0 Å². The van der Waals surface area contributed by atoms with Gasteiger partial charge in [0, 0.05) is 6.20 Å². The van der Waals surface area contributed by atoms with Crippen molar-refractivity contribution in [3.63, 3.8) is 0 Å². The van der Waals surface area contributed by atoms with Gasteiger partial charge in [0.05, 0.1) is 0 Å². The number of hydrogen-bond acceptors (Lipinski definition) is 2. The summed E-state index contributed by atoms with van der Waals surface area (Å²) in [5.74, 6) is 0. The number of hydrogen-bond donors (Lipinski definition) is 1. The maximum Gasteiger partial charge on any atom is 0.416 e. The van der Waals surface area contributed by atoms with Crippen LogP contribution in [0, 0.1) is 0 Å². The molecule has 2 aromatic heterocycles. The Morgan fingerprint density at radius 3 is 3.08 bits per heavy atom. The van der Waals surface area contributed by atoms with Crippen molar-refractivity contribution in [1.82, 2.24) is 4.57 Å². The molecule has 62 valence electrons. The zero-order valence-corrected chi connectivity index (χ0v) is 6.58. The van der Waals surface area contributed by atoms with Gasteiger partial charge in [-0.3, -0.25) is 0 Å². The second-order valence-electron chi connectivity index (χ2n) is 2.26. The van der Waals surface area contributed by atoms with Crippen molar-refractivity contribution in [2.45, 2.75) is 0 Å². The third-order valence-electron chi connectivity index (χ3n) is 1.57. The molecule has 0 saturated heterocycles. The first-order valence-electron chi connectivity index (χ1n) is 3.17. The van der Waals surface area contributed by atoms with Gasteiger partial charge in [-0.05, 0) is 6.07 Å². The summed E-state index contributed by atoms with van der Waals surface area (Å²) >= 11 is 5.69. The molecule has 0 saturated carbocycles. The summed E-state index contributed by atoms with van der Waals surface area (Å²) in [6, 6.07) is 1.55. The molecule has 5 heteroatoms. The molecule has 0 aliphatic carbocycles. The minimum Gasteiger partial charge on any atom is -0.464 e. The molecule has 0 aliphatic rings. The SMILES string of the molecule is O=C(O)n1ccc2occ(Cl)c21. The molecular formula is C7H4ClNO3. The van der Waals surface area contributed by atoms with Crippen LogP contribution >= 0.6 is 11.6 Å². The first-order chi connectivity index (χ1) is 5.70. The fourth-order valence-electron chi connectivity index (χ4n) is 1.07. The van der Waals surface area contributed by atoms with Crippen LogP contribution < -0.4 is 0 Å². The quantitative estimate of drug-likeness (QED) is 0.686. The highest BCUT2D eigenvalue weighted by Crippen LogP contribution is 2.26. The minimum atomic E-state index is -1.08. The third kappa shape index (κ3) is 0.816. The van der Waals surface area contributed by atoms with E-state index in [9.17, 15) is 4.79 Å². The smallest absolute Gasteiger partial charge is 0.416 e. The van der Waals surface area contributed by atoms with Gasteiger partial charge in [0.1, 0.15) is 16.8 Å². The molecule has 12 heavy (non-hydrogen) atoms. The topological polar surface area (TPSA) is 55.4 Å². The first-order valence-corrected chi connectivity index (χ1v) is 3.55.